The highest BCUT2D eigenvalue weighted by Crippen LogP contribution is 2.39. The summed E-state index contributed by atoms with van der Waals surface area (Å²) in [4.78, 5) is 41.9. The lowest BCUT2D eigenvalue weighted by Gasteiger charge is -2.39. The fourth-order valence-corrected chi connectivity index (χ4v) is 5.46. The molecular weight excluding hydrogens is 462 g/mol. The van der Waals surface area contributed by atoms with Crippen molar-refractivity contribution in [3.63, 3.8) is 0 Å². The van der Waals surface area contributed by atoms with Crippen LogP contribution in [0.1, 0.15) is 94.0 Å². The van der Waals surface area contributed by atoms with Crippen molar-refractivity contribution in [3.8, 4) is 0 Å². The number of hydrogen-bond donors (Lipinski definition) is 0. The number of rotatable bonds is 7. The molecule has 1 amide bonds. The summed E-state index contributed by atoms with van der Waals surface area (Å²) in [5.41, 5.74) is 2.62. The van der Waals surface area contributed by atoms with Gasteiger partial charge in [-0.2, -0.15) is 0 Å². The van der Waals surface area contributed by atoms with Crippen molar-refractivity contribution in [1.29, 1.82) is 0 Å². The second-order valence-corrected chi connectivity index (χ2v) is 12.0. The third-order valence-corrected chi connectivity index (χ3v) is 8.07. The van der Waals surface area contributed by atoms with Gasteiger partial charge in [0.1, 0.15) is 11.6 Å². The van der Waals surface area contributed by atoms with Gasteiger partial charge < -0.3 is 9.80 Å². The van der Waals surface area contributed by atoms with Crippen LogP contribution >= 0.6 is 0 Å². The van der Waals surface area contributed by atoms with Gasteiger partial charge in [0.2, 0.25) is 5.91 Å². The molecule has 2 aromatic rings. The Morgan fingerprint density at radius 1 is 1.00 bits per heavy atom. The van der Waals surface area contributed by atoms with Crippen LogP contribution in [0.4, 0.5) is 11.5 Å². The van der Waals surface area contributed by atoms with Crippen molar-refractivity contribution in [3.05, 3.63) is 47.4 Å². The van der Waals surface area contributed by atoms with Gasteiger partial charge in [0.05, 0.1) is 11.4 Å². The van der Waals surface area contributed by atoms with Crippen LogP contribution in [-0.2, 0) is 10.2 Å². The smallest absolute Gasteiger partial charge is 0.227 e. The predicted molar refractivity (Wildman–Crippen MR) is 148 cm³/mol. The lowest BCUT2D eigenvalue weighted by Crippen LogP contribution is -2.50. The number of piperazine rings is 1. The van der Waals surface area contributed by atoms with Gasteiger partial charge in [-0.15, -0.1) is 0 Å². The molecule has 0 spiro atoms. The molecular formula is C30H41N5O2. The van der Waals surface area contributed by atoms with E-state index in [1.807, 2.05) is 29.2 Å². The van der Waals surface area contributed by atoms with Crippen LogP contribution in [0.25, 0.3) is 0 Å². The number of carbonyl (C=O) groups excluding carboxylic acids is 2. The molecule has 1 aromatic heterocycles. The molecule has 1 aliphatic carbocycles. The highest BCUT2D eigenvalue weighted by molar-refractivity contribution is 6.10. The molecule has 0 bridgehead atoms. The maximum absolute atomic E-state index is 12.8. The van der Waals surface area contributed by atoms with E-state index < -0.39 is 0 Å². The van der Waals surface area contributed by atoms with E-state index in [0.717, 1.165) is 62.0 Å². The van der Waals surface area contributed by atoms with E-state index in [4.69, 9.17) is 9.97 Å². The zero-order valence-electron chi connectivity index (χ0n) is 22.9. The highest BCUT2D eigenvalue weighted by atomic mass is 16.2. The Labute approximate surface area is 221 Å². The Hall–Kier alpha value is -2.80. The van der Waals surface area contributed by atoms with Crippen molar-refractivity contribution < 1.29 is 9.59 Å². The fourth-order valence-electron chi connectivity index (χ4n) is 5.46. The number of anilines is 2. The monoisotopic (exact) mass is 503 g/mol. The van der Waals surface area contributed by atoms with E-state index >= 15 is 0 Å². The summed E-state index contributed by atoms with van der Waals surface area (Å²) in [7, 11) is 0. The maximum atomic E-state index is 12.8. The number of aromatic nitrogens is 2. The van der Waals surface area contributed by atoms with Crippen LogP contribution in [0.3, 0.4) is 0 Å². The van der Waals surface area contributed by atoms with Gasteiger partial charge in [-0.3, -0.25) is 14.5 Å². The minimum Gasteiger partial charge on any atom is -0.354 e. The van der Waals surface area contributed by atoms with E-state index in [1.165, 1.54) is 12.8 Å². The SMILES string of the molecule is CC(CCCN1C(=O)CCC(=O)c2ccccc21)N1CCN(c2cc(C(C)(C)C)nc(C3CC3)n2)CC1. The lowest BCUT2D eigenvalue weighted by molar-refractivity contribution is -0.118. The number of hydrogen-bond acceptors (Lipinski definition) is 6. The zero-order chi connectivity index (χ0) is 26.2. The molecule has 198 valence electrons. The Morgan fingerprint density at radius 3 is 2.43 bits per heavy atom. The number of amides is 1. The first-order valence-corrected chi connectivity index (χ1v) is 14.0. The molecule has 1 atom stereocenters. The third-order valence-electron chi connectivity index (χ3n) is 8.07. The van der Waals surface area contributed by atoms with Crippen LogP contribution in [0, 0.1) is 0 Å². The molecule has 0 radical (unpaired) electrons. The molecule has 7 heteroatoms. The van der Waals surface area contributed by atoms with Gasteiger partial charge in [0, 0.05) is 74.6 Å². The quantitative estimate of drug-likeness (QED) is 0.532. The second kappa shape index (κ2) is 10.5. The maximum Gasteiger partial charge on any atom is 0.227 e. The van der Waals surface area contributed by atoms with Crippen molar-refractivity contribution in [1.82, 2.24) is 14.9 Å². The van der Waals surface area contributed by atoms with Crippen molar-refractivity contribution in [2.24, 2.45) is 0 Å². The summed E-state index contributed by atoms with van der Waals surface area (Å²) in [5, 5.41) is 0. The van der Waals surface area contributed by atoms with Gasteiger partial charge in [0.25, 0.3) is 0 Å². The van der Waals surface area contributed by atoms with Gasteiger partial charge >= 0.3 is 0 Å². The number of fused-ring (bicyclic) bond motifs is 1. The van der Waals surface area contributed by atoms with Crippen LogP contribution in [0.2, 0.25) is 0 Å². The first kappa shape index (κ1) is 25.8. The van der Waals surface area contributed by atoms with E-state index in [-0.39, 0.29) is 17.1 Å². The third kappa shape index (κ3) is 5.87. The molecule has 3 heterocycles. The van der Waals surface area contributed by atoms with E-state index in [1.54, 1.807) is 0 Å². The number of nitrogens with zero attached hydrogens (tertiary/aromatic N) is 5. The van der Waals surface area contributed by atoms with E-state index in [2.05, 4.69) is 43.6 Å². The summed E-state index contributed by atoms with van der Waals surface area (Å²) >= 11 is 0. The summed E-state index contributed by atoms with van der Waals surface area (Å²) in [5.74, 6) is 2.79. The normalized spacial score (nSPS) is 20.1. The Bertz CT molecular complexity index is 1140. The number of para-hydroxylation sites is 1. The summed E-state index contributed by atoms with van der Waals surface area (Å²) in [6.45, 7) is 13.6. The molecule has 1 saturated heterocycles. The summed E-state index contributed by atoms with van der Waals surface area (Å²) in [6.07, 6.45) is 4.97. The van der Waals surface area contributed by atoms with Crippen LogP contribution in [0.15, 0.2) is 30.3 Å². The predicted octanol–water partition coefficient (Wildman–Crippen LogP) is 4.95. The number of carbonyl (C=O) groups is 2. The van der Waals surface area contributed by atoms with Crippen molar-refractivity contribution >= 4 is 23.2 Å². The Kier molecular flexibility index (Phi) is 7.35. The molecule has 37 heavy (non-hydrogen) atoms. The van der Waals surface area contributed by atoms with Crippen LogP contribution in [-0.4, -0.2) is 65.3 Å². The molecule has 1 unspecified atom stereocenters. The molecule has 7 nitrogen and oxygen atoms in total. The number of Topliss-reactive ketones (excluding diaryl/α,β-unsaturated/α-hetero) is 1. The molecule has 2 aliphatic heterocycles. The molecule has 2 fully saturated rings. The minimum absolute atomic E-state index is 0.0141. The molecule has 1 aromatic carbocycles. The Morgan fingerprint density at radius 2 is 1.73 bits per heavy atom. The highest BCUT2D eigenvalue weighted by Gasteiger charge is 2.31. The number of ketones is 1. The van der Waals surface area contributed by atoms with Gasteiger partial charge in [0.15, 0.2) is 5.78 Å². The van der Waals surface area contributed by atoms with Gasteiger partial charge in [-0.25, -0.2) is 9.97 Å². The average molecular weight is 504 g/mol. The molecule has 3 aliphatic rings. The van der Waals surface area contributed by atoms with Crippen LogP contribution in [0.5, 0.6) is 0 Å². The first-order valence-electron chi connectivity index (χ1n) is 14.0. The molecule has 0 N–H and O–H groups in total. The Balaban J connectivity index is 1.16. The number of benzene rings is 1. The van der Waals surface area contributed by atoms with E-state index in [0.29, 0.717) is 36.9 Å². The van der Waals surface area contributed by atoms with Gasteiger partial charge in [-0.1, -0.05) is 32.9 Å². The summed E-state index contributed by atoms with van der Waals surface area (Å²) < 4.78 is 0. The molecule has 5 rings (SSSR count). The van der Waals surface area contributed by atoms with Crippen LogP contribution < -0.4 is 9.80 Å². The zero-order valence-corrected chi connectivity index (χ0v) is 22.9. The summed E-state index contributed by atoms with van der Waals surface area (Å²) in [6, 6.07) is 10.2. The first-order chi connectivity index (χ1) is 17.7. The second-order valence-electron chi connectivity index (χ2n) is 12.0. The van der Waals surface area contributed by atoms with Gasteiger partial charge in [-0.05, 0) is 44.7 Å². The lowest BCUT2D eigenvalue weighted by atomic mass is 9.91. The van der Waals surface area contributed by atoms with Crippen molar-refractivity contribution in [2.45, 2.75) is 83.6 Å². The largest absolute Gasteiger partial charge is 0.354 e. The topological polar surface area (TPSA) is 69.6 Å². The molecule has 1 saturated carbocycles. The fraction of sp³-hybridized carbons (Fsp3) is 0.600. The van der Waals surface area contributed by atoms with Crippen molar-refractivity contribution in [2.75, 3.05) is 42.5 Å². The average Bonchev–Trinajstić information content (AvgIpc) is 3.75. The minimum atomic E-state index is 0.0141. The van der Waals surface area contributed by atoms with E-state index in [9.17, 15) is 9.59 Å². The standard InChI is InChI=1S/C30H41N5O2/c1-21(8-7-15-35-24-10-6-5-9-23(24)25(36)13-14-28(35)37)33-16-18-34(19-17-33)27-20-26(30(2,3)4)31-29(32-27)22-11-12-22/h5-6,9-10,20-22H,7-8,11-19H2,1-4H3.